The van der Waals surface area contributed by atoms with E-state index in [2.05, 4.69) is 4.98 Å². The van der Waals surface area contributed by atoms with E-state index >= 15 is 0 Å². The second-order valence-electron chi connectivity index (χ2n) is 8.35. The van der Waals surface area contributed by atoms with Crippen LogP contribution >= 0.6 is 0 Å². The highest BCUT2D eigenvalue weighted by atomic mass is 19.4. The number of pyridine rings is 1. The Morgan fingerprint density at radius 2 is 1.82 bits per heavy atom. The summed E-state index contributed by atoms with van der Waals surface area (Å²) in [5.74, 6) is 0. The third-order valence-electron chi connectivity index (χ3n) is 5.61. The van der Waals surface area contributed by atoms with Crippen molar-refractivity contribution in [3.05, 3.63) is 70.6 Å². The van der Waals surface area contributed by atoms with Crippen LogP contribution in [0.15, 0.2) is 42.6 Å². The highest BCUT2D eigenvalue weighted by molar-refractivity contribution is 5.58. The Morgan fingerprint density at radius 1 is 1.11 bits per heavy atom. The fraction of sp³-hybridized carbons (Fsp3) is 0.435. The molecule has 1 aromatic carbocycles. The van der Waals surface area contributed by atoms with Crippen molar-refractivity contribution in [2.45, 2.75) is 63.6 Å². The van der Waals surface area contributed by atoms with Gasteiger partial charge in [-0.3, -0.25) is 4.98 Å². The first-order chi connectivity index (χ1) is 13.0. The molecule has 1 unspecified atom stereocenters. The van der Waals surface area contributed by atoms with Gasteiger partial charge in [-0.15, -0.1) is 0 Å². The number of nitrogens with zero attached hydrogens (tertiary/aromatic N) is 1. The monoisotopic (exact) mass is 389 g/mol. The largest absolute Gasteiger partial charge is 0.417 e. The summed E-state index contributed by atoms with van der Waals surface area (Å²) in [7, 11) is 0. The number of benzene rings is 1. The lowest BCUT2D eigenvalue weighted by Gasteiger charge is -2.39. The minimum absolute atomic E-state index is 0.421. The highest BCUT2D eigenvalue weighted by Crippen LogP contribution is 2.44. The standard InChI is InChI=1S/C23H26F3NO/c1-16-8-4-6-10-19(16)21(2,3)15-22(28,23(24,25)26)14-17-12-13-27-20-11-7-5-9-18(17)20/h4-6,8-10,12-13,28H,7,11,14-15H2,1-3H3. The molecule has 0 saturated carbocycles. The average molecular weight is 389 g/mol. The van der Waals surface area contributed by atoms with Gasteiger partial charge in [0, 0.05) is 18.3 Å². The zero-order chi connectivity index (χ0) is 20.6. The highest BCUT2D eigenvalue weighted by Gasteiger charge is 2.56. The van der Waals surface area contributed by atoms with Crippen molar-refractivity contribution in [1.82, 2.24) is 4.98 Å². The number of fused-ring (bicyclic) bond motifs is 1. The number of aromatic nitrogens is 1. The summed E-state index contributed by atoms with van der Waals surface area (Å²) in [6.45, 7) is 5.40. The molecule has 1 heterocycles. The van der Waals surface area contributed by atoms with E-state index in [0.29, 0.717) is 17.5 Å². The van der Waals surface area contributed by atoms with Crippen molar-refractivity contribution >= 4 is 6.08 Å². The van der Waals surface area contributed by atoms with Gasteiger partial charge in [0.05, 0.1) is 0 Å². The lowest BCUT2D eigenvalue weighted by atomic mass is 9.71. The topological polar surface area (TPSA) is 33.1 Å². The van der Waals surface area contributed by atoms with Crippen molar-refractivity contribution < 1.29 is 18.3 Å². The molecule has 28 heavy (non-hydrogen) atoms. The number of allylic oxidation sites excluding steroid dienone is 1. The summed E-state index contributed by atoms with van der Waals surface area (Å²) in [5.41, 5.74) is 0.0438. The zero-order valence-corrected chi connectivity index (χ0v) is 16.5. The second-order valence-corrected chi connectivity index (χ2v) is 8.35. The molecule has 1 aromatic heterocycles. The van der Waals surface area contributed by atoms with Gasteiger partial charge >= 0.3 is 6.18 Å². The van der Waals surface area contributed by atoms with Gasteiger partial charge in [0.15, 0.2) is 5.60 Å². The fourth-order valence-electron chi connectivity index (χ4n) is 4.28. The van der Waals surface area contributed by atoms with E-state index < -0.39 is 30.0 Å². The number of hydrogen-bond donors (Lipinski definition) is 1. The number of alkyl halides is 3. The number of aliphatic hydroxyl groups is 1. The smallest absolute Gasteiger partial charge is 0.380 e. The molecule has 150 valence electrons. The van der Waals surface area contributed by atoms with E-state index in [4.69, 9.17) is 0 Å². The van der Waals surface area contributed by atoms with Gasteiger partial charge in [0.2, 0.25) is 0 Å². The maximum Gasteiger partial charge on any atom is 0.417 e. The molecule has 5 heteroatoms. The summed E-state index contributed by atoms with van der Waals surface area (Å²) in [5, 5.41) is 10.9. The van der Waals surface area contributed by atoms with Crippen molar-refractivity contribution in [3.8, 4) is 0 Å². The molecule has 2 nitrogen and oxygen atoms in total. The Balaban J connectivity index is 1.99. The molecule has 0 amide bonds. The van der Waals surface area contributed by atoms with Crippen LogP contribution in [0.3, 0.4) is 0 Å². The van der Waals surface area contributed by atoms with Crippen molar-refractivity contribution in [2.24, 2.45) is 0 Å². The molecule has 1 aliphatic carbocycles. The summed E-state index contributed by atoms with van der Waals surface area (Å²) in [4.78, 5) is 4.29. The van der Waals surface area contributed by atoms with Crippen LogP contribution in [0, 0.1) is 6.92 Å². The van der Waals surface area contributed by atoms with Crippen molar-refractivity contribution in [1.29, 1.82) is 0 Å². The van der Waals surface area contributed by atoms with Crippen molar-refractivity contribution in [3.63, 3.8) is 0 Å². The first kappa shape index (κ1) is 20.6. The molecule has 3 rings (SSSR count). The van der Waals surface area contributed by atoms with E-state index in [9.17, 15) is 18.3 Å². The SMILES string of the molecule is Cc1ccccc1C(C)(C)CC(O)(Cc1ccnc2c1C=CCC2)C(F)(F)F. The Labute approximate surface area is 164 Å². The number of aryl methyl sites for hydroxylation is 2. The van der Waals surface area contributed by atoms with Crippen LogP contribution in [0.1, 0.15) is 54.6 Å². The van der Waals surface area contributed by atoms with E-state index in [1.54, 1.807) is 19.9 Å². The number of rotatable bonds is 5. The maximum absolute atomic E-state index is 14.1. The summed E-state index contributed by atoms with van der Waals surface area (Å²) >= 11 is 0. The summed E-state index contributed by atoms with van der Waals surface area (Å²) in [6, 6.07) is 8.99. The minimum atomic E-state index is -4.75. The Kier molecular flexibility index (Phi) is 5.41. The molecular weight excluding hydrogens is 363 g/mol. The molecular formula is C23H26F3NO. The molecule has 0 radical (unpaired) electrons. The average Bonchev–Trinajstić information content (AvgIpc) is 2.61. The molecule has 0 saturated heterocycles. The van der Waals surface area contributed by atoms with Gasteiger partial charge in [-0.05, 0) is 59.9 Å². The van der Waals surface area contributed by atoms with Crippen LogP contribution in [0.2, 0.25) is 0 Å². The first-order valence-electron chi connectivity index (χ1n) is 9.52. The van der Waals surface area contributed by atoms with Crippen LogP contribution in [0.25, 0.3) is 6.08 Å². The maximum atomic E-state index is 14.1. The Bertz CT molecular complexity index is 886. The Morgan fingerprint density at radius 3 is 2.50 bits per heavy atom. The van der Waals surface area contributed by atoms with Gasteiger partial charge in [-0.1, -0.05) is 50.3 Å². The minimum Gasteiger partial charge on any atom is -0.380 e. The molecule has 2 aromatic rings. The normalized spacial score (nSPS) is 16.5. The van der Waals surface area contributed by atoms with Crippen molar-refractivity contribution in [2.75, 3.05) is 0 Å². The number of hydrogen-bond acceptors (Lipinski definition) is 2. The zero-order valence-electron chi connectivity index (χ0n) is 16.5. The van der Waals surface area contributed by atoms with Crippen LogP contribution in [0.5, 0.6) is 0 Å². The quantitative estimate of drug-likeness (QED) is 0.727. The van der Waals surface area contributed by atoms with E-state index in [-0.39, 0.29) is 0 Å². The molecule has 0 aliphatic heterocycles. The molecule has 1 aliphatic rings. The summed E-state index contributed by atoms with van der Waals surface area (Å²) < 4.78 is 42.3. The molecule has 0 fully saturated rings. The van der Waals surface area contributed by atoms with Crippen LogP contribution in [0.4, 0.5) is 13.2 Å². The summed E-state index contributed by atoms with van der Waals surface area (Å²) in [6.07, 6.45) is 1.18. The Hall–Kier alpha value is -2.14. The lowest BCUT2D eigenvalue weighted by Crippen LogP contribution is -2.51. The van der Waals surface area contributed by atoms with E-state index in [1.165, 1.54) is 6.20 Å². The number of halogens is 3. The van der Waals surface area contributed by atoms with E-state index in [0.717, 1.165) is 23.2 Å². The molecule has 0 spiro atoms. The predicted octanol–water partition coefficient (Wildman–Crippen LogP) is 5.55. The first-order valence-corrected chi connectivity index (χ1v) is 9.52. The fourth-order valence-corrected chi connectivity index (χ4v) is 4.28. The van der Waals surface area contributed by atoms with Gasteiger partial charge in [-0.25, -0.2) is 0 Å². The molecule has 1 N–H and O–H groups in total. The third kappa shape index (κ3) is 4.00. The second kappa shape index (κ2) is 7.36. The predicted molar refractivity (Wildman–Crippen MR) is 105 cm³/mol. The van der Waals surface area contributed by atoms with Gasteiger partial charge in [0.25, 0.3) is 0 Å². The molecule has 1 atom stereocenters. The third-order valence-corrected chi connectivity index (χ3v) is 5.61. The van der Waals surface area contributed by atoms with Gasteiger partial charge in [0.1, 0.15) is 0 Å². The lowest BCUT2D eigenvalue weighted by molar-refractivity contribution is -0.266. The van der Waals surface area contributed by atoms with E-state index in [1.807, 2.05) is 43.3 Å². The van der Waals surface area contributed by atoms with Crippen LogP contribution in [-0.2, 0) is 18.3 Å². The van der Waals surface area contributed by atoms with Crippen LogP contribution in [-0.4, -0.2) is 21.9 Å². The van der Waals surface area contributed by atoms with Crippen LogP contribution < -0.4 is 0 Å². The van der Waals surface area contributed by atoms with Gasteiger partial charge < -0.3 is 5.11 Å². The van der Waals surface area contributed by atoms with Gasteiger partial charge in [-0.2, -0.15) is 13.2 Å². The molecule has 0 bridgehead atoms.